The molecule has 1 N–H and O–H groups in total. The second-order valence-electron chi connectivity index (χ2n) is 16.7. The number of unbranched alkanes of at least 4 members (excludes halogenated alkanes) is 20. The van der Waals surface area contributed by atoms with Gasteiger partial charge in [-0.3, -0.25) is 14.4 Å². The Morgan fingerprint density at radius 1 is 0.545 bits per heavy atom. The Kier molecular flexibility index (Phi) is 37.6. The van der Waals surface area contributed by atoms with Crippen molar-refractivity contribution >= 4 is 17.8 Å². The molecule has 0 spiro atoms. The minimum Gasteiger partial charge on any atom is -0.462 e. The van der Waals surface area contributed by atoms with Crippen molar-refractivity contribution in [3.8, 4) is 0 Å². The van der Waals surface area contributed by atoms with E-state index in [0.29, 0.717) is 32.2 Å². The number of carbonyl (C=O) groups is 3. The third-order valence-electron chi connectivity index (χ3n) is 10.9. The molecule has 1 atom stereocenters. The third-order valence-corrected chi connectivity index (χ3v) is 10.9. The summed E-state index contributed by atoms with van der Waals surface area (Å²) in [5.74, 6) is -0.408. The van der Waals surface area contributed by atoms with Crippen molar-refractivity contribution in [1.29, 1.82) is 0 Å². The number of esters is 2. The van der Waals surface area contributed by atoms with Crippen molar-refractivity contribution in [1.82, 2.24) is 10.2 Å². The van der Waals surface area contributed by atoms with Crippen LogP contribution in [0, 0.1) is 0 Å². The maximum Gasteiger partial charge on any atom is 0.306 e. The quantitative estimate of drug-likeness (QED) is 0.0378. The highest BCUT2D eigenvalue weighted by atomic mass is 16.6. The molecule has 0 bridgehead atoms. The summed E-state index contributed by atoms with van der Waals surface area (Å²) in [7, 11) is 4.02. The molecule has 0 aliphatic carbocycles. The number of nitrogens with zero attached hydrogens (tertiary/aromatic N) is 1. The van der Waals surface area contributed by atoms with Crippen LogP contribution >= 0.6 is 0 Å². The lowest BCUT2D eigenvalue weighted by Gasteiger charge is -2.33. The van der Waals surface area contributed by atoms with E-state index in [1.165, 1.54) is 70.6 Å². The third kappa shape index (κ3) is 32.9. The van der Waals surface area contributed by atoms with Gasteiger partial charge in [-0.05, 0) is 104 Å². The highest BCUT2D eigenvalue weighted by Gasteiger charge is 2.41. The van der Waals surface area contributed by atoms with Crippen molar-refractivity contribution in [3.05, 3.63) is 12.2 Å². The molecule has 0 radical (unpaired) electrons. The molecular formula is C48H92N2O5. The van der Waals surface area contributed by atoms with Crippen LogP contribution in [0.5, 0.6) is 0 Å². The molecule has 0 heterocycles. The van der Waals surface area contributed by atoms with Gasteiger partial charge in [0.1, 0.15) is 6.10 Å². The predicted octanol–water partition coefficient (Wildman–Crippen LogP) is 13.4. The Balaban J connectivity index is 4.95. The van der Waals surface area contributed by atoms with E-state index in [1.807, 2.05) is 14.1 Å². The summed E-state index contributed by atoms with van der Waals surface area (Å²) in [6.45, 7) is 10.2. The van der Waals surface area contributed by atoms with E-state index in [1.54, 1.807) is 0 Å². The molecule has 0 saturated carbocycles. The van der Waals surface area contributed by atoms with E-state index < -0.39 is 5.60 Å². The molecule has 1 unspecified atom stereocenters. The largest absolute Gasteiger partial charge is 0.462 e. The minimum absolute atomic E-state index is 0.0466. The van der Waals surface area contributed by atoms with E-state index in [2.05, 4.69) is 50.1 Å². The fraction of sp³-hybridized carbons (Fsp3) is 0.896. The van der Waals surface area contributed by atoms with Crippen LogP contribution in [0.4, 0.5) is 0 Å². The average molecular weight is 777 g/mol. The van der Waals surface area contributed by atoms with Gasteiger partial charge in [0.2, 0.25) is 0 Å². The van der Waals surface area contributed by atoms with Gasteiger partial charge in [-0.25, -0.2) is 0 Å². The zero-order valence-electron chi connectivity index (χ0n) is 37.5. The zero-order chi connectivity index (χ0) is 40.7. The highest BCUT2D eigenvalue weighted by Crippen LogP contribution is 2.29. The highest BCUT2D eigenvalue weighted by molar-refractivity contribution is 5.87. The van der Waals surface area contributed by atoms with Crippen LogP contribution in [0.3, 0.4) is 0 Å². The molecule has 0 aromatic carbocycles. The van der Waals surface area contributed by atoms with Crippen molar-refractivity contribution in [3.63, 3.8) is 0 Å². The van der Waals surface area contributed by atoms with Gasteiger partial charge in [0, 0.05) is 19.4 Å². The van der Waals surface area contributed by atoms with Crippen LogP contribution in [-0.4, -0.2) is 61.6 Å². The molecule has 324 valence electrons. The number of amides is 1. The first-order chi connectivity index (χ1) is 26.7. The van der Waals surface area contributed by atoms with Crippen LogP contribution < -0.4 is 5.32 Å². The van der Waals surface area contributed by atoms with Gasteiger partial charge in [-0.2, -0.15) is 0 Å². The fourth-order valence-electron chi connectivity index (χ4n) is 7.26. The Labute approximate surface area is 341 Å². The van der Waals surface area contributed by atoms with Crippen LogP contribution in [0.1, 0.15) is 240 Å². The topological polar surface area (TPSA) is 84.9 Å². The number of carbonyl (C=O) groups excluding carboxylic acids is 3. The monoisotopic (exact) mass is 777 g/mol. The van der Waals surface area contributed by atoms with Crippen LogP contribution in [-0.2, 0) is 23.9 Å². The summed E-state index contributed by atoms with van der Waals surface area (Å²) < 4.78 is 12.1. The minimum atomic E-state index is -1.10. The van der Waals surface area contributed by atoms with Gasteiger partial charge < -0.3 is 19.7 Å². The van der Waals surface area contributed by atoms with E-state index in [4.69, 9.17) is 9.47 Å². The second kappa shape index (κ2) is 39.0. The molecule has 0 aromatic heterocycles. The Hall–Kier alpha value is -1.89. The van der Waals surface area contributed by atoms with E-state index in [0.717, 1.165) is 122 Å². The lowest BCUT2D eigenvalue weighted by atomic mass is 9.88. The van der Waals surface area contributed by atoms with Gasteiger partial charge in [-0.1, -0.05) is 155 Å². The van der Waals surface area contributed by atoms with Crippen molar-refractivity contribution < 1.29 is 23.9 Å². The summed E-state index contributed by atoms with van der Waals surface area (Å²) in [4.78, 5) is 41.7. The van der Waals surface area contributed by atoms with Gasteiger partial charge in [0.05, 0.1) is 0 Å². The molecule has 0 rings (SSSR count). The maximum absolute atomic E-state index is 13.9. The smallest absolute Gasteiger partial charge is 0.306 e. The summed E-state index contributed by atoms with van der Waals surface area (Å²) in [5.41, 5.74) is -1.10. The van der Waals surface area contributed by atoms with Gasteiger partial charge in [0.25, 0.3) is 5.91 Å². The maximum atomic E-state index is 13.9. The Morgan fingerprint density at radius 2 is 1.00 bits per heavy atom. The number of hydrogen-bond acceptors (Lipinski definition) is 6. The summed E-state index contributed by atoms with van der Waals surface area (Å²) in [6.07, 6.45) is 39.0. The van der Waals surface area contributed by atoms with Crippen molar-refractivity contribution in [2.75, 3.05) is 27.2 Å². The lowest BCUT2D eigenvalue weighted by molar-refractivity contribution is -0.171. The second-order valence-corrected chi connectivity index (χ2v) is 16.7. The number of hydrogen-bond donors (Lipinski definition) is 1. The molecule has 1 amide bonds. The zero-order valence-corrected chi connectivity index (χ0v) is 37.5. The van der Waals surface area contributed by atoms with E-state index in [-0.39, 0.29) is 23.9 Å². The summed E-state index contributed by atoms with van der Waals surface area (Å²) >= 11 is 0. The fourth-order valence-corrected chi connectivity index (χ4v) is 7.26. The van der Waals surface area contributed by atoms with Crippen LogP contribution in [0.2, 0.25) is 0 Å². The van der Waals surface area contributed by atoms with Crippen LogP contribution in [0.25, 0.3) is 0 Å². The first kappa shape index (κ1) is 53.1. The number of ether oxygens (including phenoxy) is 2. The number of allylic oxidation sites excluding steroid dienone is 2. The van der Waals surface area contributed by atoms with E-state index in [9.17, 15) is 14.4 Å². The van der Waals surface area contributed by atoms with Gasteiger partial charge >= 0.3 is 11.9 Å². The molecule has 0 fully saturated rings. The van der Waals surface area contributed by atoms with E-state index >= 15 is 0 Å². The average Bonchev–Trinajstić information content (AvgIpc) is 3.16. The number of rotatable bonds is 41. The standard InChI is InChI=1S/C48H92N2O5/c1-7-11-15-16-17-18-19-20-21-22-23-24-25-27-30-33-40-48(47(53)49-42-14-10-4,55-46(52)39-35-43-50(5)6)41-34-31-28-26-29-32-38-45(51)54-44(36-12-8-2)37-13-9-3/h20-21,44H,7-19,22-43H2,1-6H3,(H,49,53)/b21-20-. The molecule has 0 aliphatic heterocycles. The van der Waals surface area contributed by atoms with Gasteiger partial charge in [-0.15, -0.1) is 0 Å². The Morgan fingerprint density at radius 3 is 1.51 bits per heavy atom. The normalized spacial score (nSPS) is 12.8. The molecule has 55 heavy (non-hydrogen) atoms. The SMILES string of the molecule is CCCCCCCC/C=C\CCCCCCCCC(CCCCCCCCC(=O)OC(CCCC)CCCC)(OC(=O)CCCN(C)C)C(=O)NCCCC. The molecule has 0 saturated heterocycles. The summed E-state index contributed by atoms with van der Waals surface area (Å²) in [6, 6.07) is 0. The molecule has 0 aromatic rings. The predicted molar refractivity (Wildman–Crippen MR) is 234 cm³/mol. The van der Waals surface area contributed by atoms with Crippen molar-refractivity contribution in [2.24, 2.45) is 0 Å². The summed E-state index contributed by atoms with van der Waals surface area (Å²) in [5, 5.41) is 3.15. The molecule has 7 heteroatoms. The molecular weight excluding hydrogens is 685 g/mol. The Bertz CT molecular complexity index is 914. The molecule has 0 aliphatic rings. The lowest BCUT2D eigenvalue weighted by Crippen LogP contribution is -2.50. The van der Waals surface area contributed by atoms with Crippen molar-refractivity contribution in [2.45, 2.75) is 251 Å². The number of nitrogens with one attached hydrogen (secondary N) is 1. The first-order valence-corrected chi connectivity index (χ1v) is 23.7. The molecule has 7 nitrogen and oxygen atoms in total. The first-order valence-electron chi connectivity index (χ1n) is 23.7. The van der Waals surface area contributed by atoms with Crippen LogP contribution in [0.15, 0.2) is 12.2 Å². The van der Waals surface area contributed by atoms with Gasteiger partial charge in [0.15, 0.2) is 5.60 Å².